The summed E-state index contributed by atoms with van der Waals surface area (Å²) in [6, 6.07) is 7.03. The van der Waals surface area contributed by atoms with Gasteiger partial charge in [-0.05, 0) is 23.8 Å². The molecule has 0 unspecified atom stereocenters. The van der Waals surface area contributed by atoms with Crippen molar-refractivity contribution in [3.05, 3.63) is 42.2 Å². The highest BCUT2D eigenvalue weighted by molar-refractivity contribution is 5.89. The number of aromatic nitrogens is 1. The smallest absolute Gasteiger partial charge is 0.319 e. The van der Waals surface area contributed by atoms with E-state index in [9.17, 15) is 4.79 Å². The second kappa shape index (κ2) is 5.29. The molecular formula is C16H19N3O3. The molecule has 0 radical (unpaired) electrons. The minimum absolute atomic E-state index is 0.262. The number of carbonyl (C=O) groups excluding carboxylic acids is 1. The molecule has 0 saturated heterocycles. The summed E-state index contributed by atoms with van der Waals surface area (Å²) in [7, 11) is 1.94. The molecule has 2 N–H and O–H groups in total. The van der Waals surface area contributed by atoms with Crippen LogP contribution in [0.1, 0.15) is 19.4 Å². The number of anilines is 1. The average molecular weight is 301 g/mol. The monoisotopic (exact) mass is 301 g/mol. The predicted molar refractivity (Wildman–Crippen MR) is 83.0 cm³/mol. The Kier molecular flexibility index (Phi) is 3.44. The Balaban J connectivity index is 1.58. The van der Waals surface area contributed by atoms with Crippen molar-refractivity contribution in [2.45, 2.75) is 26.2 Å². The van der Waals surface area contributed by atoms with Gasteiger partial charge in [-0.1, -0.05) is 0 Å². The van der Waals surface area contributed by atoms with Crippen LogP contribution < -0.4 is 20.1 Å². The molecular weight excluding hydrogens is 282 g/mol. The molecule has 2 aromatic rings. The van der Waals surface area contributed by atoms with E-state index in [2.05, 4.69) is 10.6 Å². The standard InChI is InChI=1S/C16H19N3O3/c1-16(2)21-13-5-4-12(8-14(13)22-16)18-15(20)17-9-11-6-7-19(3)10-11/h4-8,10H,9H2,1-3H3,(H2,17,18,20). The number of carbonyl (C=O) groups is 1. The minimum atomic E-state index is -0.670. The quantitative estimate of drug-likeness (QED) is 0.916. The first-order valence-electron chi connectivity index (χ1n) is 7.09. The number of ether oxygens (including phenoxy) is 2. The van der Waals surface area contributed by atoms with E-state index < -0.39 is 5.79 Å². The van der Waals surface area contributed by atoms with E-state index in [4.69, 9.17) is 9.47 Å². The van der Waals surface area contributed by atoms with Gasteiger partial charge in [-0.3, -0.25) is 0 Å². The molecule has 0 aliphatic carbocycles. The Morgan fingerprint density at radius 3 is 2.73 bits per heavy atom. The van der Waals surface area contributed by atoms with E-state index in [1.54, 1.807) is 18.2 Å². The Bertz CT molecular complexity index is 706. The number of aryl methyl sites for hydroxylation is 1. The highest BCUT2D eigenvalue weighted by Crippen LogP contribution is 2.40. The van der Waals surface area contributed by atoms with Crippen LogP contribution in [0.15, 0.2) is 36.7 Å². The van der Waals surface area contributed by atoms with Crippen molar-refractivity contribution in [2.75, 3.05) is 5.32 Å². The third kappa shape index (κ3) is 3.16. The summed E-state index contributed by atoms with van der Waals surface area (Å²) in [5, 5.41) is 5.59. The molecule has 0 saturated carbocycles. The van der Waals surface area contributed by atoms with Crippen molar-refractivity contribution >= 4 is 11.7 Å². The lowest BCUT2D eigenvalue weighted by molar-refractivity contribution is -0.0431. The van der Waals surface area contributed by atoms with Crippen molar-refractivity contribution in [1.29, 1.82) is 0 Å². The number of benzene rings is 1. The topological polar surface area (TPSA) is 64.5 Å². The summed E-state index contributed by atoms with van der Waals surface area (Å²) in [4.78, 5) is 11.9. The van der Waals surface area contributed by atoms with Crippen LogP contribution in [0.5, 0.6) is 11.5 Å². The zero-order chi connectivity index (χ0) is 15.7. The fourth-order valence-electron chi connectivity index (χ4n) is 2.32. The van der Waals surface area contributed by atoms with Gasteiger partial charge >= 0.3 is 6.03 Å². The summed E-state index contributed by atoms with van der Waals surface area (Å²) in [5.74, 6) is 0.641. The Labute approximate surface area is 129 Å². The molecule has 0 spiro atoms. The third-order valence-corrected chi connectivity index (χ3v) is 3.26. The zero-order valence-corrected chi connectivity index (χ0v) is 12.8. The predicted octanol–water partition coefficient (Wildman–Crippen LogP) is 2.85. The number of hydrogen-bond acceptors (Lipinski definition) is 3. The molecule has 116 valence electrons. The number of nitrogens with zero attached hydrogens (tertiary/aromatic N) is 1. The van der Waals surface area contributed by atoms with Crippen LogP contribution in [-0.4, -0.2) is 16.4 Å². The highest BCUT2D eigenvalue weighted by Gasteiger charge is 2.31. The first-order valence-corrected chi connectivity index (χ1v) is 7.09. The van der Waals surface area contributed by atoms with Gasteiger partial charge in [-0.25, -0.2) is 4.79 Å². The number of nitrogens with one attached hydrogen (secondary N) is 2. The third-order valence-electron chi connectivity index (χ3n) is 3.26. The van der Waals surface area contributed by atoms with E-state index in [0.29, 0.717) is 23.7 Å². The van der Waals surface area contributed by atoms with E-state index in [0.717, 1.165) is 5.56 Å². The molecule has 2 amide bonds. The number of amides is 2. The summed E-state index contributed by atoms with van der Waals surface area (Å²) >= 11 is 0. The molecule has 0 bridgehead atoms. The van der Waals surface area contributed by atoms with Gasteiger partial charge in [0.1, 0.15) is 0 Å². The van der Waals surface area contributed by atoms with Gasteiger partial charge in [0.05, 0.1) is 0 Å². The van der Waals surface area contributed by atoms with Gasteiger partial charge in [-0.2, -0.15) is 0 Å². The van der Waals surface area contributed by atoms with E-state index >= 15 is 0 Å². The van der Waals surface area contributed by atoms with Crippen molar-refractivity contribution < 1.29 is 14.3 Å². The fraction of sp³-hybridized carbons (Fsp3) is 0.312. The summed E-state index contributed by atoms with van der Waals surface area (Å²) in [6.45, 7) is 4.16. The lowest BCUT2D eigenvalue weighted by Crippen LogP contribution is -2.29. The maximum atomic E-state index is 11.9. The van der Waals surface area contributed by atoms with Crippen molar-refractivity contribution in [3.63, 3.8) is 0 Å². The largest absolute Gasteiger partial charge is 0.449 e. The molecule has 6 heteroatoms. The van der Waals surface area contributed by atoms with Crippen LogP contribution in [0.3, 0.4) is 0 Å². The van der Waals surface area contributed by atoms with Crippen molar-refractivity contribution in [2.24, 2.45) is 7.05 Å². The Morgan fingerprint density at radius 1 is 1.23 bits per heavy atom. The van der Waals surface area contributed by atoms with Gasteiger partial charge in [0.15, 0.2) is 11.5 Å². The molecule has 0 atom stereocenters. The first-order chi connectivity index (χ1) is 10.4. The molecule has 1 aliphatic heterocycles. The first kappa shape index (κ1) is 14.3. The average Bonchev–Trinajstić information content (AvgIpc) is 2.97. The van der Waals surface area contributed by atoms with E-state index in [1.807, 2.05) is 43.9 Å². The van der Waals surface area contributed by atoms with Crippen LogP contribution in [0.4, 0.5) is 10.5 Å². The van der Waals surface area contributed by atoms with Crippen molar-refractivity contribution in [1.82, 2.24) is 9.88 Å². The molecule has 1 aromatic heterocycles. The number of fused-ring (bicyclic) bond motifs is 1. The molecule has 2 heterocycles. The normalized spacial score (nSPS) is 14.7. The lowest BCUT2D eigenvalue weighted by atomic mass is 10.3. The van der Waals surface area contributed by atoms with E-state index in [1.165, 1.54) is 0 Å². The second-order valence-electron chi connectivity index (χ2n) is 5.76. The molecule has 1 aromatic carbocycles. The summed E-state index contributed by atoms with van der Waals surface area (Å²) in [6.07, 6.45) is 3.90. The second-order valence-corrected chi connectivity index (χ2v) is 5.76. The SMILES string of the molecule is Cn1ccc(CNC(=O)Nc2ccc3c(c2)OC(C)(C)O3)c1. The lowest BCUT2D eigenvalue weighted by Gasteiger charge is -2.16. The Morgan fingerprint density at radius 2 is 2.00 bits per heavy atom. The molecule has 6 nitrogen and oxygen atoms in total. The number of urea groups is 1. The molecule has 22 heavy (non-hydrogen) atoms. The van der Waals surface area contributed by atoms with E-state index in [-0.39, 0.29) is 6.03 Å². The van der Waals surface area contributed by atoms with Gasteiger partial charge in [0, 0.05) is 51.6 Å². The minimum Gasteiger partial charge on any atom is -0.449 e. The number of hydrogen-bond donors (Lipinski definition) is 2. The maximum Gasteiger partial charge on any atom is 0.319 e. The molecule has 1 aliphatic rings. The van der Waals surface area contributed by atoms with Gasteiger partial charge in [0.2, 0.25) is 5.79 Å². The highest BCUT2D eigenvalue weighted by atomic mass is 16.7. The van der Waals surface area contributed by atoms with Crippen LogP contribution in [0.2, 0.25) is 0 Å². The van der Waals surface area contributed by atoms with Crippen LogP contribution in [0.25, 0.3) is 0 Å². The summed E-state index contributed by atoms with van der Waals surface area (Å²) < 4.78 is 13.2. The van der Waals surface area contributed by atoms with Gasteiger partial charge < -0.3 is 24.7 Å². The molecule has 3 rings (SSSR count). The number of rotatable bonds is 3. The molecule has 0 fully saturated rings. The van der Waals surface area contributed by atoms with Crippen LogP contribution >= 0.6 is 0 Å². The Hall–Kier alpha value is -2.63. The zero-order valence-electron chi connectivity index (χ0n) is 12.8. The van der Waals surface area contributed by atoms with Gasteiger partial charge in [0.25, 0.3) is 0 Å². The maximum absolute atomic E-state index is 11.9. The summed E-state index contributed by atoms with van der Waals surface area (Å²) in [5.41, 5.74) is 1.70. The van der Waals surface area contributed by atoms with Crippen molar-refractivity contribution in [3.8, 4) is 11.5 Å². The van der Waals surface area contributed by atoms with Crippen LogP contribution in [-0.2, 0) is 13.6 Å². The van der Waals surface area contributed by atoms with Gasteiger partial charge in [-0.15, -0.1) is 0 Å². The fourth-order valence-corrected chi connectivity index (χ4v) is 2.32. The van der Waals surface area contributed by atoms with Crippen LogP contribution in [0, 0.1) is 0 Å².